The average molecular weight is 453 g/mol. The predicted octanol–water partition coefficient (Wildman–Crippen LogP) is 4.56. The number of hydrogen-bond donors (Lipinski definition) is 0. The number of benzene rings is 3. The third kappa shape index (κ3) is 4.34. The molecular formula is C27H20FN3O3. The first-order chi connectivity index (χ1) is 16.4. The maximum Gasteiger partial charge on any atom is 0.264 e. The molecule has 6 nitrogen and oxygen atoms in total. The van der Waals surface area contributed by atoms with Crippen molar-refractivity contribution in [2.45, 2.75) is 13.5 Å². The van der Waals surface area contributed by atoms with Gasteiger partial charge < -0.3 is 4.90 Å². The Kier molecular flexibility index (Phi) is 6.33. The molecule has 7 heteroatoms. The van der Waals surface area contributed by atoms with Crippen LogP contribution in [0.1, 0.15) is 33.2 Å². The van der Waals surface area contributed by atoms with Crippen molar-refractivity contribution in [2.24, 2.45) is 0 Å². The average Bonchev–Trinajstić information content (AvgIpc) is 2.87. The van der Waals surface area contributed by atoms with Crippen LogP contribution in [0.25, 0.3) is 10.9 Å². The summed E-state index contributed by atoms with van der Waals surface area (Å²) in [5.41, 5.74) is 1.08. The number of Topliss-reactive ketones (excluding diaryl/α,β-unsaturated/α-hetero) is 1. The summed E-state index contributed by atoms with van der Waals surface area (Å²) >= 11 is 0. The summed E-state index contributed by atoms with van der Waals surface area (Å²) in [4.78, 5) is 41.2. The highest BCUT2D eigenvalue weighted by Crippen LogP contribution is 2.20. The number of nitriles is 1. The fourth-order valence-corrected chi connectivity index (χ4v) is 3.81. The first-order valence-electron chi connectivity index (χ1n) is 10.7. The monoisotopic (exact) mass is 453 g/mol. The highest BCUT2D eigenvalue weighted by Gasteiger charge is 2.23. The number of carbonyl (C=O) groups is 2. The number of fused-ring (bicyclic) bond motifs is 1. The Bertz CT molecular complexity index is 1480. The van der Waals surface area contributed by atoms with Crippen LogP contribution in [-0.4, -0.2) is 22.8 Å². The zero-order chi connectivity index (χ0) is 24.2. The second-order valence-corrected chi connectivity index (χ2v) is 7.65. The van der Waals surface area contributed by atoms with E-state index in [4.69, 9.17) is 5.26 Å². The third-order valence-corrected chi connectivity index (χ3v) is 5.57. The molecule has 4 aromatic rings. The summed E-state index contributed by atoms with van der Waals surface area (Å²) < 4.78 is 14.7. The molecule has 3 aromatic carbocycles. The minimum atomic E-state index is -0.591. The predicted molar refractivity (Wildman–Crippen MR) is 127 cm³/mol. The molecule has 168 valence electrons. The molecule has 0 atom stereocenters. The van der Waals surface area contributed by atoms with Gasteiger partial charge >= 0.3 is 0 Å². The lowest BCUT2D eigenvalue weighted by Crippen LogP contribution is -2.37. The molecule has 0 fully saturated rings. The SMILES string of the molecule is CCN(C(=O)c1cc2ccccc2n(CC(=O)c2ccc(C#N)cc2)c1=O)c1ccc(F)cc1. The van der Waals surface area contributed by atoms with Gasteiger partial charge in [-0.25, -0.2) is 4.39 Å². The Labute approximate surface area is 195 Å². The minimum absolute atomic E-state index is 0.0856. The van der Waals surface area contributed by atoms with Crippen molar-refractivity contribution in [2.75, 3.05) is 11.4 Å². The number of ketones is 1. The Balaban J connectivity index is 1.78. The quantitative estimate of drug-likeness (QED) is 0.401. The molecule has 0 aliphatic heterocycles. The summed E-state index contributed by atoms with van der Waals surface area (Å²) in [6, 6.07) is 22.1. The molecule has 1 amide bonds. The van der Waals surface area contributed by atoms with Crippen molar-refractivity contribution in [3.05, 3.63) is 112 Å². The second kappa shape index (κ2) is 9.51. The largest absolute Gasteiger partial charge is 0.308 e. The summed E-state index contributed by atoms with van der Waals surface area (Å²) in [5, 5.41) is 9.60. The second-order valence-electron chi connectivity index (χ2n) is 7.65. The fraction of sp³-hybridized carbons (Fsp3) is 0.111. The number of aromatic nitrogens is 1. The zero-order valence-corrected chi connectivity index (χ0v) is 18.4. The van der Waals surface area contributed by atoms with Gasteiger partial charge in [0.2, 0.25) is 0 Å². The molecule has 0 N–H and O–H groups in total. The van der Waals surface area contributed by atoms with Crippen LogP contribution in [0.2, 0.25) is 0 Å². The summed E-state index contributed by atoms with van der Waals surface area (Å²) in [6.45, 7) is 1.76. The number of anilines is 1. The van der Waals surface area contributed by atoms with E-state index in [0.29, 0.717) is 27.7 Å². The lowest BCUT2D eigenvalue weighted by Gasteiger charge is -2.22. The number of hydrogen-bond acceptors (Lipinski definition) is 4. The first-order valence-corrected chi connectivity index (χ1v) is 10.7. The highest BCUT2D eigenvalue weighted by atomic mass is 19.1. The van der Waals surface area contributed by atoms with E-state index in [1.165, 1.54) is 64.1 Å². The lowest BCUT2D eigenvalue weighted by molar-refractivity contribution is 0.0962. The Hall–Kier alpha value is -4.57. The summed E-state index contributed by atoms with van der Waals surface area (Å²) in [6.07, 6.45) is 0. The van der Waals surface area contributed by atoms with Gasteiger partial charge in [0.05, 0.1) is 23.7 Å². The highest BCUT2D eigenvalue weighted by molar-refractivity contribution is 6.07. The standard InChI is InChI=1S/C27H20FN3O3/c1-2-30(22-13-11-21(28)12-14-22)26(33)23-15-20-5-3-4-6-24(20)31(27(23)34)17-25(32)19-9-7-18(16-29)8-10-19/h3-15H,2,17H2,1H3. The van der Waals surface area contributed by atoms with Gasteiger partial charge in [0.1, 0.15) is 11.4 Å². The van der Waals surface area contributed by atoms with Crippen LogP contribution in [0.5, 0.6) is 0 Å². The van der Waals surface area contributed by atoms with Crippen LogP contribution in [0.4, 0.5) is 10.1 Å². The molecule has 34 heavy (non-hydrogen) atoms. The molecule has 1 aromatic heterocycles. The van der Waals surface area contributed by atoms with Crippen molar-refractivity contribution >= 4 is 28.3 Å². The maximum absolute atomic E-state index is 13.5. The number of carbonyl (C=O) groups excluding carboxylic acids is 2. The minimum Gasteiger partial charge on any atom is -0.308 e. The van der Waals surface area contributed by atoms with Gasteiger partial charge in [-0.3, -0.25) is 19.0 Å². The molecule has 0 aliphatic rings. The van der Waals surface area contributed by atoms with E-state index in [2.05, 4.69) is 0 Å². The van der Waals surface area contributed by atoms with Gasteiger partial charge in [0, 0.05) is 17.8 Å². The summed E-state index contributed by atoms with van der Waals surface area (Å²) in [5.74, 6) is -1.29. The van der Waals surface area contributed by atoms with E-state index in [-0.39, 0.29) is 24.4 Å². The van der Waals surface area contributed by atoms with Gasteiger partial charge in [-0.1, -0.05) is 30.3 Å². The van der Waals surface area contributed by atoms with Crippen molar-refractivity contribution in [3.63, 3.8) is 0 Å². The zero-order valence-electron chi connectivity index (χ0n) is 18.4. The Morgan fingerprint density at radius 2 is 1.68 bits per heavy atom. The molecule has 0 aliphatic carbocycles. The number of rotatable bonds is 6. The normalized spacial score (nSPS) is 10.6. The van der Waals surface area contributed by atoms with Crippen molar-refractivity contribution < 1.29 is 14.0 Å². The van der Waals surface area contributed by atoms with Crippen LogP contribution in [0, 0.1) is 17.1 Å². The molecule has 0 saturated carbocycles. The molecule has 0 unspecified atom stereocenters. The third-order valence-electron chi connectivity index (χ3n) is 5.57. The van der Waals surface area contributed by atoms with Crippen LogP contribution in [0.3, 0.4) is 0 Å². The lowest BCUT2D eigenvalue weighted by atomic mass is 10.1. The van der Waals surface area contributed by atoms with Crippen LogP contribution >= 0.6 is 0 Å². The van der Waals surface area contributed by atoms with Crippen molar-refractivity contribution in [1.29, 1.82) is 5.26 Å². The van der Waals surface area contributed by atoms with Gasteiger partial charge in [0.15, 0.2) is 5.78 Å². The summed E-state index contributed by atoms with van der Waals surface area (Å²) in [7, 11) is 0. The molecule has 0 radical (unpaired) electrons. The van der Waals surface area contributed by atoms with Crippen molar-refractivity contribution in [1.82, 2.24) is 4.57 Å². The van der Waals surface area contributed by atoms with E-state index in [1.54, 1.807) is 31.2 Å². The van der Waals surface area contributed by atoms with Gasteiger partial charge in [0.25, 0.3) is 11.5 Å². The maximum atomic E-state index is 13.5. The van der Waals surface area contributed by atoms with Gasteiger partial charge in [-0.2, -0.15) is 5.26 Å². The van der Waals surface area contributed by atoms with Gasteiger partial charge in [-0.15, -0.1) is 0 Å². The van der Waals surface area contributed by atoms with Crippen LogP contribution < -0.4 is 10.5 Å². The number of para-hydroxylation sites is 1. The van der Waals surface area contributed by atoms with Crippen molar-refractivity contribution in [3.8, 4) is 6.07 Å². The Morgan fingerprint density at radius 3 is 2.32 bits per heavy atom. The number of nitrogens with zero attached hydrogens (tertiary/aromatic N) is 3. The van der Waals surface area contributed by atoms with E-state index in [0.717, 1.165) is 0 Å². The molecule has 4 rings (SSSR count). The van der Waals surface area contributed by atoms with E-state index < -0.39 is 17.3 Å². The number of pyridine rings is 1. The smallest absolute Gasteiger partial charge is 0.264 e. The van der Waals surface area contributed by atoms with Crippen LogP contribution in [0.15, 0.2) is 83.7 Å². The Morgan fingerprint density at radius 1 is 1.00 bits per heavy atom. The molecule has 0 bridgehead atoms. The molecule has 1 heterocycles. The van der Waals surface area contributed by atoms with E-state index in [1.807, 2.05) is 6.07 Å². The molecule has 0 spiro atoms. The van der Waals surface area contributed by atoms with Crippen LogP contribution in [-0.2, 0) is 6.54 Å². The molecular weight excluding hydrogens is 433 g/mol. The number of halogens is 1. The van der Waals surface area contributed by atoms with E-state index in [9.17, 15) is 18.8 Å². The molecule has 0 saturated heterocycles. The first kappa shape index (κ1) is 22.6. The fourth-order valence-electron chi connectivity index (χ4n) is 3.81. The topological polar surface area (TPSA) is 83.2 Å². The van der Waals surface area contributed by atoms with E-state index >= 15 is 0 Å². The number of amides is 1. The van der Waals surface area contributed by atoms with Gasteiger partial charge in [-0.05, 0) is 60.8 Å².